The van der Waals surface area contributed by atoms with Crippen LogP contribution in [-0.2, 0) is 11.3 Å². The Hall–Kier alpha value is -1.52. The maximum atomic E-state index is 11.7. The minimum atomic E-state index is -1.40. The van der Waals surface area contributed by atoms with Crippen molar-refractivity contribution in [2.75, 3.05) is 12.3 Å². The summed E-state index contributed by atoms with van der Waals surface area (Å²) in [6, 6.07) is 0. The molecular weight excluding hydrogens is 258 g/mol. The minimum absolute atomic E-state index is 0.115. The zero-order valence-electron chi connectivity index (χ0n) is 9.88. The van der Waals surface area contributed by atoms with Gasteiger partial charge in [0.05, 0.1) is 13.2 Å². The highest BCUT2D eigenvalue weighted by Gasteiger charge is 2.43. The van der Waals surface area contributed by atoms with E-state index in [2.05, 4.69) is 4.98 Å². The molecule has 1 aromatic heterocycles. The second-order valence-electron chi connectivity index (χ2n) is 4.23. The molecule has 1 fully saturated rings. The summed E-state index contributed by atoms with van der Waals surface area (Å²) in [4.78, 5) is 15.2. The predicted octanol–water partition coefficient (Wildman–Crippen LogP) is -3.07. The highest BCUT2D eigenvalue weighted by molar-refractivity contribution is 5.36. The molecule has 0 bridgehead atoms. The molecular formula is C10H15N3O6. The maximum absolute atomic E-state index is 11.7. The normalized spacial score (nSPS) is 30.7. The van der Waals surface area contributed by atoms with Gasteiger partial charge in [-0.15, -0.1) is 0 Å². The van der Waals surface area contributed by atoms with Crippen molar-refractivity contribution in [1.82, 2.24) is 9.55 Å². The SMILES string of the molecule is Nc1nc(=O)n(C2O[C@H](CO)[C@@H](O)[C@@H]2O)cc1CO. The van der Waals surface area contributed by atoms with Crippen LogP contribution in [0.2, 0.25) is 0 Å². The Balaban J connectivity index is 2.40. The highest BCUT2D eigenvalue weighted by Crippen LogP contribution is 2.28. The average Bonchev–Trinajstić information content (AvgIpc) is 2.67. The lowest BCUT2D eigenvalue weighted by molar-refractivity contribution is -0.0551. The van der Waals surface area contributed by atoms with Gasteiger partial charge in [0.2, 0.25) is 0 Å². The number of nitrogens with zero attached hydrogens (tertiary/aromatic N) is 2. The number of rotatable bonds is 3. The molecule has 9 nitrogen and oxygen atoms in total. The van der Waals surface area contributed by atoms with Gasteiger partial charge in [-0.3, -0.25) is 4.57 Å². The summed E-state index contributed by atoms with van der Waals surface area (Å²) < 4.78 is 6.11. The molecule has 1 aromatic rings. The average molecular weight is 273 g/mol. The van der Waals surface area contributed by atoms with E-state index in [1.165, 1.54) is 6.20 Å². The molecule has 1 saturated heterocycles. The van der Waals surface area contributed by atoms with E-state index < -0.39 is 43.4 Å². The van der Waals surface area contributed by atoms with Crippen LogP contribution < -0.4 is 11.4 Å². The Morgan fingerprint density at radius 3 is 2.58 bits per heavy atom. The number of hydrogen-bond donors (Lipinski definition) is 5. The molecule has 1 unspecified atom stereocenters. The first-order chi connectivity index (χ1) is 8.99. The minimum Gasteiger partial charge on any atom is -0.394 e. The quantitative estimate of drug-likeness (QED) is 0.389. The fraction of sp³-hybridized carbons (Fsp3) is 0.600. The number of hydrogen-bond acceptors (Lipinski definition) is 8. The maximum Gasteiger partial charge on any atom is 0.351 e. The van der Waals surface area contributed by atoms with Gasteiger partial charge in [-0.25, -0.2) is 4.79 Å². The third-order valence-electron chi connectivity index (χ3n) is 3.02. The Morgan fingerprint density at radius 1 is 1.37 bits per heavy atom. The smallest absolute Gasteiger partial charge is 0.351 e. The molecule has 0 radical (unpaired) electrons. The number of ether oxygens (including phenoxy) is 1. The number of aliphatic hydroxyl groups excluding tert-OH is 4. The van der Waals surface area contributed by atoms with Crippen molar-refractivity contribution < 1.29 is 25.2 Å². The largest absolute Gasteiger partial charge is 0.394 e. The van der Waals surface area contributed by atoms with E-state index in [1.54, 1.807) is 0 Å². The highest BCUT2D eigenvalue weighted by atomic mass is 16.6. The van der Waals surface area contributed by atoms with Crippen molar-refractivity contribution >= 4 is 5.82 Å². The van der Waals surface area contributed by atoms with Crippen LogP contribution in [0.1, 0.15) is 11.8 Å². The topological polar surface area (TPSA) is 151 Å². The molecule has 2 heterocycles. The van der Waals surface area contributed by atoms with Crippen molar-refractivity contribution in [2.24, 2.45) is 0 Å². The molecule has 0 aromatic carbocycles. The first-order valence-corrected chi connectivity index (χ1v) is 5.60. The zero-order chi connectivity index (χ0) is 14.2. The Morgan fingerprint density at radius 2 is 2.05 bits per heavy atom. The van der Waals surface area contributed by atoms with E-state index in [0.717, 1.165) is 4.57 Å². The molecule has 0 amide bonds. The molecule has 6 N–H and O–H groups in total. The van der Waals surface area contributed by atoms with Gasteiger partial charge in [-0.05, 0) is 0 Å². The summed E-state index contributed by atoms with van der Waals surface area (Å²) in [6.07, 6.45) is -3.71. The van der Waals surface area contributed by atoms with E-state index in [-0.39, 0.29) is 11.4 Å². The van der Waals surface area contributed by atoms with Crippen LogP contribution in [-0.4, -0.2) is 54.9 Å². The number of nitrogens with two attached hydrogens (primary N) is 1. The van der Waals surface area contributed by atoms with Crippen molar-refractivity contribution in [3.63, 3.8) is 0 Å². The lowest BCUT2D eigenvalue weighted by Crippen LogP contribution is -2.36. The molecule has 1 aliphatic heterocycles. The van der Waals surface area contributed by atoms with Crippen LogP contribution in [0.25, 0.3) is 0 Å². The Kier molecular flexibility index (Phi) is 3.83. The molecule has 1 aliphatic rings. The molecule has 2 rings (SSSR count). The fourth-order valence-electron chi connectivity index (χ4n) is 1.94. The number of anilines is 1. The lowest BCUT2D eigenvalue weighted by atomic mass is 10.1. The lowest BCUT2D eigenvalue weighted by Gasteiger charge is -2.18. The number of aromatic nitrogens is 2. The summed E-state index contributed by atoms with van der Waals surface area (Å²) in [7, 11) is 0. The van der Waals surface area contributed by atoms with Gasteiger partial charge in [0.25, 0.3) is 0 Å². The number of nitrogen functional groups attached to an aromatic ring is 1. The fourth-order valence-corrected chi connectivity index (χ4v) is 1.94. The van der Waals surface area contributed by atoms with E-state index in [0.29, 0.717) is 0 Å². The second-order valence-corrected chi connectivity index (χ2v) is 4.23. The van der Waals surface area contributed by atoms with Crippen molar-refractivity contribution in [3.8, 4) is 0 Å². The van der Waals surface area contributed by atoms with E-state index >= 15 is 0 Å². The van der Waals surface area contributed by atoms with Crippen molar-refractivity contribution in [3.05, 3.63) is 22.2 Å². The van der Waals surface area contributed by atoms with E-state index in [4.69, 9.17) is 20.7 Å². The van der Waals surface area contributed by atoms with Crippen LogP contribution in [0.3, 0.4) is 0 Å². The van der Waals surface area contributed by atoms with Gasteiger partial charge in [0, 0.05) is 11.8 Å². The molecule has 9 heteroatoms. The van der Waals surface area contributed by atoms with Gasteiger partial charge in [0.15, 0.2) is 6.23 Å². The predicted molar refractivity (Wildman–Crippen MR) is 61.8 cm³/mol. The van der Waals surface area contributed by atoms with E-state index in [1.807, 2.05) is 0 Å². The Labute approximate surface area is 107 Å². The van der Waals surface area contributed by atoms with Crippen molar-refractivity contribution in [1.29, 1.82) is 0 Å². The van der Waals surface area contributed by atoms with Crippen LogP contribution in [0.4, 0.5) is 5.82 Å². The summed E-state index contributed by atoms with van der Waals surface area (Å²) in [5, 5.41) is 37.5. The van der Waals surface area contributed by atoms with Gasteiger partial charge < -0.3 is 30.9 Å². The second kappa shape index (κ2) is 5.23. The van der Waals surface area contributed by atoms with Crippen LogP contribution in [0, 0.1) is 0 Å². The zero-order valence-corrected chi connectivity index (χ0v) is 9.88. The van der Waals surface area contributed by atoms with Gasteiger partial charge in [-0.2, -0.15) is 4.98 Å². The summed E-state index contributed by atoms with van der Waals surface area (Å²) in [6.45, 7) is -0.938. The Bertz CT molecular complexity index is 518. The van der Waals surface area contributed by atoms with Gasteiger partial charge >= 0.3 is 5.69 Å². The van der Waals surface area contributed by atoms with E-state index in [9.17, 15) is 15.0 Å². The first kappa shape index (κ1) is 13.9. The summed E-state index contributed by atoms with van der Waals surface area (Å²) in [5.74, 6) is -0.115. The van der Waals surface area contributed by atoms with Crippen molar-refractivity contribution in [2.45, 2.75) is 31.1 Å². The van der Waals surface area contributed by atoms with Crippen LogP contribution in [0.15, 0.2) is 11.0 Å². The molecule has 106 valence electrons. The monoisotopic (exact) mass is 273 g/mol. The van der Waals surface area contributed by atoms with Gasteiger partial charge in [0.1, 0.15) is 24.1 Å². The standard InChI is InChI=1S/C10H15N3O6/c11-8-4(2-14)1-13(10(18)12-8)9-7(17)6(16)5(3-15)19-9/h1,5-7,9,14-17H,2-3H2,(H2,11,12,18)/t5-,6-,7+,9?/m1/s1. The third kappa shape index (κ3) is 2.33. The van der Waals surface area contributed by atoms with Crippen LogP contribution in [0.5, 0.6) is 0 Å². The molecule has 0 saturated carbocycles. The third-order valence-corrected chi connectivity index (χ3v) is 3.02. The summed E-state index contributed by atoms with van der Waals surface area (Å²) >= 11 is 0. The summed E-state index contributed by atoms with van der Waals surface area (Å²) in [5.41, 5.74) is 4.84. The first-order valence-electron chi connectivity index (χ1n) is 5.60. The van der Waals surface area contributed by atoms with Crippen LogP contribution >= 0.6 is 0 Å². The molecule has 0 aliphatic carbocycles. The van der Waals surface area contributed by atoms with Gasteiger partial charge in [-0.1, -0.05) is 0 Å². The number of aliphatic hydroxyl groups is 4. The molecule has 19 heavy (non-hydrogen) atoms. The molecule has 4 atom stereocenters. The molecule has 0 spiro atoms.